The summed E-state index contributed by atoms with van der Waals surface area (Å²) in [5, 5.41) is 3.78. The minimum Gasteiger partial charge on any atom is -0.493 e. The van der Waals surface area contributed by atoms with Crippen molar-refractivity contribution in [3.05, 3.63) is 93.0 Å². The Kier molecular flexibility index (Phi) is 5.75. The minimum absolute atomic E-state index is 0.00447. The van der Waals surface area contributed by atoms with Crippen molar-refractivity contribution >= 4 is 46.4 Å². The number of hydrogen-bond acceptors (Lipinski definition) is 4. The number of fused-ring (bicyclic) bond motifs is 4. The van der Waals surface area contributed by atoms with Gasteiger partial charge in [-0.2, -0.15) is 0 Å². The fraction of sp³-hybridized carbons (Fsp3) is 0.207. The highest BCUT2D eigenvalue weighted by molar-refractivity contribution is 6.32. The van der Waals surface area contributed by atoms with Gasteiger partial charge in [0.2, 0.25) is 0 Å². The average molecular weight is 565 g/mol. The highest BCUT2D eigenvalue weighted by Crippen LogP contribution is 2.55. The molecule has 198 valence electrons. The van der Waals surface area contributed by atoms with Gasteiger partial charge in [0.05, 0.1) is 24.1 Å². The van der Waals surface area contributed by atoms with E-state index >= 15 is 0 Å². The summed E-state index contributed by atoms with van der Waals surface area (Å²) in [7, 11) is 1.37. The van der Waals surface area contributed by atoms with Crippen LogP contribution in [0, 0.1) is 12.7 Å². The second-order valence-corrected chi connectivity index (χ2v) is 10.7. The number of rotatable bonds is 4. The van der Waals surface area contributed by atoms with Crippen molar-refractivity contribution in [2.24, 2.45) is 0 Å². The van der Waals surface area contributed by atoms with E-state index in [2.05, 4.69) is 5.32 Å². The van der Waals surface area contributed by atoms with Gasteiger partial charge in [-0.25, -0.2) is 9.37 Å². The standard InChI is InChI=1S/C29H23Cl2FN4O3/c1-14(2)35-25-23(34-26(35)18-6-5-7-20(32)24(18)39-4)27(37)36(22-13-17(31)9-8-15(22)3)29(25)19-11-10-16(30)12-21(19)33-28(29)38/h5-14H,1-4H3,(H,33,38). The maximum absolute atomic E-state index is 14.8. The molecule has 2 aliphatic rings. The number of hydrogen-bond donors (Lipinski definition) is 1. The molecule has 1 atom stereocenters. The van der Waals surface area contributed by atoms with Crippen LogP contribution in [-0.4, -0.2) is 28.5 Å². The molecule has 1 spiro atoms. The number of amides is 2. The Labute approximate surface area is 234 Å². The van der Waals surface area contributed by atoms with Gasteiger partial charge in [-0.3, -0.25) is 14.5 Å². The summed E-state index contributed by atoms with van der Waals surface area (Å²) in [6, 6.07) is 14.5. The number of aromatic nitrogens is 2. The minimum atomic E-state index is -1.63. The second-order valence-electron chi connectivity index (χ2n) is 9.84. The molecule has 10 heteroatoms. The first kappa shape index (κ1) is 25.4. The van der Waals surface area contributed by atoms with E-state index in [1.807, 2.05) is 25.3 Å². The molecule has 6 rings (SSSR count). The summed E-state index contributed by atoms with van der Waals surface area (Å²) < 4.78 is 22.0. The van der Waals surface area contributed by atoms with Gasteiger partial charge in [0.1, 0.15) is 5.82 Å². The Morgan fingerprint density at radius 3 is 2.49 bits per heavy atom. The number of methoxy groups -OCH3 is 1. The van der Waals surface area contributed by atoms with E-state index in [-0.39, 0.29) is 17.5 Å². The summed E-state index contributed by atoms with van der Waals surface area (Å²) in [6.45, 7) is 5.68. The van der Waals surface area contributed by atoms with Crippen LogP contribution < -0.4 is 15.0 Å². The summed E-state index contributed by atoms with van der Waals surface area (Å²) in [5.41, 5.74) is 1.45. The van der Waals surface area contributed by atoms with E-state index in [9.17, 15) is 14.0 Å². The molecule has 39 heavy (non-hydrogen) atoms. The molecule has 0 aliphatic carbocycles. The number of aryl methyl sites for hydroxylation is 1. The molecule has 3 aromatic carbocycles. The molecular formula is C29H23Cl2FN4O3. The second kappa shape index (κ2) is 8.83. The maximum atomic E-state index is 14.8. The van der Waals surface area contributed by atoms with E-state index in [1.54, 1.807) is 48.5 Å². The molecule has 3 heterocycles. The molecule has 2 aliphatic heterocycles. The van der Waals surface area contributed by atoms with Gasteiger partial charge < -0.3 is 14.6 Å². The third-order valence-electron chi connectivity index (χ3n) is 7.28. The number of carbonyl (C=O) groups is 2. The molecule has 1 N–H and O–H groups in total. The van der Waals surface area contributed by atoms with Crippen molar-refractivity contribution < 1.29 is 18.7 Å². The smallest absolute Gasteiger partial charge is 0.280 e. The van der Waals surface area contributed by atoms with Gasteiger partial charge in [0.15, 0.2) is 22.8 Å². The zero-order chi connectivity index (χ0) is 27.8. The Morgan fingerprint density at radius 1 is 1.05 bits per heavy atom. The zero-order valence-electron chi connectivity index (χ0n) is 21.5. The highest BCUT2D eigenvalue weighted by atomic mass is 35.5. The van der Waals surface area contributed by atoms with Crippen molar-refractivity contribution in [2.75, 3.05) is 17.3 Å². The number of nitrogens with zero attached hydrogens (tertiary/aromatic N) is 3. The predicted octanol–water partition coefficient (Wildman–Crippen LogP) is 6.75. The number of benzene rings is 3. The summed E-state index contributed by atoms with van der Waals surface area (Å²) in [6.07, 6.45) is 0. The number of halogens is 3. The predicted molar refractivity (Wildman–Crippen MR) is 148 cm³/mol. The number of nitrogens with one attached hydrogen (secondary N) is 1. The van der Waals surface area contributed by atoms with Gasteiger partial charge in [-0.1, -0.05) is 41.4 Å². The van der Waals surface area contributed by atoms with Crippen molar-refractivity contribution in [1.29, 1.82) is 0 Å². The van der Waals surface area contributed by atoms with Crippen LogP contribution in [0.3, 0.4) is 0 Å². The van der Waals surface area contributed by atoms with Crippen molar-refractivity contribution in [2.45, 2.75) is 32.4 Å². The molecule has 0 saturated carbocycles. The van der Waals surface area contributed by atoms with Gasteiger partial charge in [0.25, 0.3) is 11.8 Å². The summed E-state index contributed by atoms with van der Waals surface area (Å²) in [4.78, 5) is 34.9. The summed E-state index contributed by atoms with van der Waals surface area (Å²) in [5.74, 6) is -1.17. The SMILES string of the molecule is COc1c(F)cccc1-c1nc2c(n1C(C)C)C1(C(=O)Nc3cc(Cl)ccc31)N(c1cc(Cl)ccc1C)C2=O. The Hall–Kier alpha value is -3.88. The van der Waals surface area contributed by atoms with Crippen LogP contribution in [0.2, 0.25) is 10.0 Å². The molecule has 2 amide bonds. The van der Waals surface area contributed by atoms with Crippen molar-refractivity contribution in [1.82, 2.24) is 9.55 Å². The molecule has 1 unspecified atom stereocenters. The van der Waals surface area contributed by atoms with Gasteiger partial charge in [-0.05, 0) is 62.7 Å². The number of carbonyl (C=O) groups excluding carboxylic acids is 2. The topological polar surface area (TPSA) is 76.5 Å². The van der Waals surface area contributed by atoms with Gasteiger partial charge in [0, 0.05) is 27.3 Å². The van der Waals surface area contributed by atoms with Crippen LogP contribution >= 0.6 is 23.2 Å². The molecular weight excluding hydrogens is 542 g/mol. The molecule has 0 radical (unpaired) electrons. The molecule has 0 fully saturated rings. The van der Waals surface area contributed by atoms with Crippen LogP contribution in [0.1, 0.15) is 47.2 Å². The quantitative estimate of drug-likeness (QED) is 0.297. The first-order chi connectivity index (χ1) is 18.6. The van der Waals surface area contributed by atoms with E-state index < -0.39 is 23.2 Å². The Balaban J connectivity index is 1.75. The maximum Gasteiger partial charge on any atom is 0.280 e. The van der Waals surface area contributed by atoms with E-state index in [1.165, 1.54) is 18.1 Å². The van der Waals surface area contributed by atoms with Crippen LogP contribution in [0.5, 0.6) is 5.75 Å². The molecule has 1 aromatic heterocycles. The van der Waals surface area contributed by atoms with E-state index in [0.29, 0.717) is 44.1 Å². The number of ether oxygens (including phenoxy) is 1. The first-order valence-electron chi connectivity index (χ1n) is 12.3. The van der Waals surface area contributed by atoms with Crippen LogP contribution in [0.15, 0.2) is 54.6 Å². The van der Waals surface area contributed by atoms with E-state index in [4.69, 9.17) is 32.9 Å². The first-order valence-corrected chi connectivity index (χ1v) is 13.0. The normalized spacial score (nSPS) is 17.7. The molecule has 0 saturated heterocycles. The monoisotopic (exact) mass is 564 g/mol. The molecule has 7 nitrogen and oxygen atoms in total. The number of imidazole rings is 1. The average Bonchev–Trinajstić information content (AvgIpc) is 3.49. The lowest BCUT2D eigenvalue weighted by Gasteiger charge is -2.36. The van der Waals surface area contributed by atoms with Crippen LogP contribution in [-0.2, 0) is 10.3 Å². The van der Waals surface area contributed by atoms with Gasteiger partial charge in [-0.15, -0.1) is 0 Å². The highest BCUT2D eigenvalue weighted by Gasteiger charge is 2.64. The lowest BCUT2D eigenvalue weighted by molar-refractivity contribution is -0.119. The third kappa shape index (κ3) is 3.38. The summed E-state index contributed by atoms with van der Waals surface area (Å²) >= 11 is 12.7. The molecule has 4 aromatic rings. The molecule has 0 bridgehead atoms. The van der Waals surface area contributed by atoms with Crippen LogP contribution in [0.4, 0.5) is 15.8 Å². The van der Waals surface area contributed by atoms with Crippen molar-refractivity contribution in [3.8, 4) is 17.1 Å². The van der Waals surface area contributed by atoms with Gasteiger partial charge >= 0.3 is 0 Å². The zero-order valence-corrected chi connectivity index (χ0v) is 23.0. The Morgan fingerprint density at radius 2 is 1.77 bits per heavy atom. The number of para-hydroxylation sites is 1. The fourth-order valence-electron chi connectivity index (χ4n) is 5.72. The lowest BCUT2D eigenvalue weighted by atomic mass is 9.86. The number of anilines is 2. The fourth-order valence-corrected chi connectivity index (χ4v) is 6.06. The van der Waals surface area contributed by atoms with E-state index in [0.717, 1.165) is 5.56 Å². The largest absolute Gasteiger partial charge is 0.493 e. The lowest BCUT2D eigenvalue weighted by Crippen LogP contribution is -2.51. The Bertz CT molecular complexity index is 1720. The van der Waals surface area contributed by atoms with Crippen molar-refractivity contribution in [3.63, 3.8) is 0 Å². The third-order valence-corrected chi connectivity index (χ3v) is 7.75. The van der Waals surface area contributed by atoms with Crippen LogP contribution in [0.25, 0.3) is 11.4 Å².